The first-order valence-corrected chi connectivity index (χ1v) is 4.50. The van der Waals surface area contributed by atoms with Gasteiger partial charge in [0.25, 0.3) is 0 Å². The van der Waals surface area contributed by atoms with E-state index in [4.69, 9.17) is 5.11 Å². The van der Waals surface area contributed by atoms with Gasteiger partial charge in [0, 0.05) is 25.7 Å². The quantitative estimate of drug-likeness (QED) is 0.659. The number of nitrogens with zero attached hydrogens (tertiary/aromatic N) is 1. The maximum atomic E-state index is 8.88. The van der Waals surface area contributed by atoms with E-state index in [0.29, 0.717) is 18.6 Å². The van der Waals surface area contributed by atoms with Crippen molar-refractivity contribution < 1.29 is 5.11 Å². The molecule has 0 aromatic carbocycles. The zero-order valence-electron chi connectivity index (χ0n) is 7.75. The normalized spacial score (nSPS) is 23.7. The Morgan fingerprint density at radius 3 is 2.27 bits per heavy atom. The number of likely N-dealkylation sites (tertiary alicyclic amines) is 1. The highest BCUT2D eigenvalue weighted by atomic mass is 16.3. The monoisotopic (exact) mass is 157 g/mol. The fourth-order valence-electron chi connectivity index (χ4n) is 1.48. The first kappa shape index (κ1) is 9.01. The summed E-state index contributed by atoms with van der Waals surface area (Å²) in [7, 11) is 0. The molecule has 2 heteroatoms. The van der Waals surface area contributed by atoms with Crippen molar-refractivity contribution in [2.24, 2.45) is 11.8 Å². The van der Waals surface area contributed by atoms with Crippen LogP contribution in [0.3, 0.4) is 0 Å². The first-order valence-electron chi connectivity index (χ1n) is 4.50. The van der Waals surface area contributed by atoms with Crippen LogP contribution >= 0.6 is 0 Å². The van der Waals surface area contributed by atoms with Gasteiger partial charge in [0.05, 0.1) is 0 Å². The minimum Gasteiger partial charge on any atom is -0.396 e. The Morgan fingerprint density at radius 2 is 1.91 bits per heavy atom. The van der Waals surface area contributed by atoms with Gasteiger partial charge in [0.15, 0.2) is 0 Å². The van der Waals surface area contributed by atoms with Gasteiger partial charge < -0.3 is 10.0 Å². The number of hydrogen-bond acceptors (Lipinski definition) is 2. The Labute approximate surface area is 69.2 Å². The second-order valence-electron chi connectivity index (χ2n) is 3.97. The number of aliphatic hydroxyl groups excluding tert-OH is 1. The fourth-order valence-corrected chi connectivity index (χ4v) is 1.48. The zero-order chi connectivity index (χ0) is 8.43. The fraction of sp³-hybridized carbons (Fsp3) is 1.00. The summed E-state index contributed by atoms with van der Waals surface area (Å²) in [4.78, 5) is 2.44. The van der Waals surface area contributed by atoms with E-state index in [1.165, 1.54) is 13.1 Å². The molecule has 2 nitrogen and oxygen atoms in total. The van der Waals surface area contributed by atoms with E-state index in [1.807, 2.05) is 0 Å². The van der Waals surface area contributed by atoms with E-state index in [0.717, 1.165) is 5.92 Å². The van der Waals surface area contributed by atoms with Gasteiger partial charge in [0.1, 0.15) is 0 Å². The highest BCUT2D eigenvalue weighted by Crippen LogP contribution is 2.24. The van der Waals surface area contributed by atoms with Crippen LogP contribution in [0.4, 0.5) is 0 Å². The van der Waals surface area contributed by atoms with Gasteiger partial charge in [-0.1, -0.05) is 6.92 Å². The van der Waals surface area contributed by atoms with E-state index in [2.05, 4.69) is 25.7 Å². The number of hydrogen-bond donors (Lipinski definition) is 1. The van der Waals surface area contributed by atoms with Crippen molar-refractivity contribution in [3.05, 3.63) is 0 Å². The lowest BCUT2D eigenvalue weighted by molar-refractivity contribution is 0.0182. The molecule has 1 unspecified atom stereocenters. The molecule has 1 fully saturated rings. The molecule has 0 aliphatic carbocycles. The first-order chi connectivity index (χ1) is 5.15. The van der Waals surface area contributed by atoms with Crippen molar-refractivity contribution in [1.29, 1.82) is 0 Å². The van der Waals surface area contributed by atoms with Gasteiger partial charge in [-0.15, -0.1) is 0 Å². The molecule has 1 heterocycles. The second kappa shape index (κ2) is 3.55. The Balaban J connectivity index is 2.18. The lowest BCUT2D eigenvalue weighted by atomic mass is 9.87. The summed E-state index contributed by atoms with van der Waals surface area (Å²) in [5, 5.41) is 8.88. The van der Waals surface area contributed by atoms with Crippen LogP contribution in [0.25, 0.3) is 0 Å². The third-order valence-electron chi connectivity index (χ3n) is 2.76. The van der Waals surface area contributed by atoms with Crippen LogP contribution in [-0.2, 0) is 0 Å². The molecular weight excluding hydrogens is 138 g/mol. The molecular formula is C9H19NO. The van der Waals surface area contributed by atoms with E-state index < -0.39 is 0 Å². The Hall–Kier alpha value is -0.0800. The van der Waals surface area contributed by atoms with Crippen LogP contribution < -0.4 is 0 Å². The maximum Gasteiger partial charge on any atom is 0.0460 e. The van der Waals surface area contributed by atoms with Crippen LogP contribution in [0, 0.1) is 11.8 Å². The van der Waals surface area contributed by atoms with Crippen molar-refractivity contribution >= 4 is 0 Å². The summed E-state index contributed by atoms with van der Waals surface area (Å²) in [5.41, 5.74) is 0. The molecule has 1 N–H and O–H groups in total. The highest BCUT2D eigenvalue weighted by molar-refractivity contribution is 4.84. The van der Waals surface area contributed by atoms with Crippen LogP contribution in [0.2, 0.25) is 0 Å². The van der Waals surface area contributed by atoms with Crippen LogP contribution in [0.15, 0.2) is 0 Å². The van der Waals surface area contributed by atoms with Crippen molar-refractivity contribution in [3.8, 4) is 0 Å². The Morgan fingerprint density at radius 1 is 1.36 bits per heavy atom. The van der Waals surface area contributed by atoms with Crippen molar-refractivity contribution in [2.45, 2.75) is 26.8 Å². The third kappa shape index (κ3) is 1.94. The van der Waals surface area contributed by atoms with Crippen LogP contribution in [0.1, 0.15) is 20.8 Å². The molecule has 1 rings (SSSR count). The van der Waals surface area contributed by atoms with Crippen molar-refractivity contribution in [3.63, 3.8) is 0 Å². The molecule has 66 valence electrons. The van der Waals surface area contributed by atoms with Gasteiger partial charge in [-0.25, -0.2) is 0 Å². The molecule has 0 saturated carbocycles. The highest BCUT2D eigenvalue weighted by Gasteiger charge is 2.31. The summed E-state index contributed by atoms with van der Waals surface area (Å²) in [6, 6.07) is 0.678. The van der Waals surface area contributed by atoms with E-state index in [9.17, 15) is 0 Å². The SMILES string of the molecule is CC(CO)C1CN(C(C)C)C1. The standard InChI is InChI=1S/C9H19NO/c1-7(2)10-4-9(5-10)8(3)6-11/h7-9,11H,4-6H2,1-3H3. The summed E-state index contributed by atoms with van der Waals surface area (Å²) >= 11 is 0. The van der Waals surface area contributed by atoms with Gasteiger partial charge in [-0.2, -0.15) is 0 Å². The molecule has 1 atom stereocenters. The summed E-state index contributed by atoms with van der Waals surface area (Å²) in [6.07, 6.45) is 0. The van der Waals surface area contributed by atoms with Crippen LogP contribution in [0.5, 0.6) is 0 Å². The minimum absolute atomic E-state index is 0.344. The van der Waals surface area contributed by atoms with Gasteiger partial charge >= 0.3 is 0 Å². The third-order valence-corrected chi connectivity index (χ3v) is 2.76. The van der Waals surface area contributed by atoms with Crippen LogP contribution in [-0.4, -0.2) is 35.7 Å². The summed E-state index contributed by atoms with van der Waals surface area (Å²) < 4.78 is 0. The molecule has 0 spiro atoms. The zero-order valence-corrected chi connectivity index (χ0v) is 7.75. The van der Waals surface area contributed by atoms with Crippen molar-refractivity contribution in [1.82, 2.24) is 4.90 Å². The molecule has 1 aliphatic rings. The largest absolute Gasteiger partial charge is 0.396 e. The molecule has 0 bridgehead atoms. The predicted molar refractivity (Wildman–Crippen MR) is 46.4 cm³/mol. The molecule has 0 amide bonds. The molecule has 0 aromatic heterocycles. The minimum atomic E-state index is 0.344. The summed E-state index contributed by atoms with van der Waals surface area (Å²) in [5.74, 6) is 1.23. The maximum absolute atomic E-state index is 8.88. The molecule has 1 saturated heterocycles. The van der Waals surface area contributed by atoms with Gasteiger partial charge in [-0.05, 0) is 25.7 Å². The smallest absolute Gasteiger partial charge is 0.0460 e. The molecule has 0 radical (unpaired) electrons. The lowest BCUT2D eigenvalue weighted by Gasteiger charge is -2.44. The molecule has 1 aliphatic heterocycles. The predicted octanol–water partition coefficient (Wildman–Crippen LogP) is 0.955. The Bertz CT molecular complexity index is 119. The summed E-state index contributed by atoms with van der Waals surface area (Å²) in [6.45, 7) is 9.28. The average Bonchev–Trinajstić information content (AvgIpc) is 1.83. The number of aliphatic hydroxyl groups is 1. The van der Waals surface area contributed by atoms with E-state index >= 15 is 0 Å². The topological polar surface area (TPSA) is 23.5 Å². The number of rotatable bonds is 3. The molecule has 0 aromatic rings. The van der Waals surface area contributed by atoms with Gasteiger partial charge in [0.2, 0.25) is 0 Å². The molecule has 11 heavy (non-hydrogen) atoms. The Kier molecular flexibility index (Phi) is 2.90. The average molecular weight is 157 g/mol. The lowest BCUT2D eigenvalue weighted by Crippen LogP contribution is -2.52. The van der Waals surface area contributed by atoms with E-state index in [-0.39, 0.29) is 0 Å². The second-order valence-corrected chi connectivity index (χ2v) is 3.97. The van der Waals surface area contributed by atoms with Crippen molar-refractivity contribution in [2.75, 3.05) is 19.7 Å². The van der Waals surface area contributed by atoms with E-state index in [1.54, 1.807) is 0 Å². The van der Waals surface area contributed by atoms with Gasteiger partial charge in [-0.3, -0.25) is 0 Å².